The average Bonchev–Trinajstić information content (AvgIpc) is 3.58. The quantitative estimate of drug-likeness (QED) is 0.418. The van der Waals surface area contributed by atoms with E-state index in [2.05, 4.69) is 26.9 Å². The van der Waals surface area contributed by atoms with Crippen LogP contribution in [0.25, 0.3) is 0 Å². The lowest BCUT2D eigenvalue weighted by Crippen LogP contribution is -2.38. The number of carbonyl (C=O) groups excluding carboxylic acids is 2. The van der Waals surface area contributed by atoms with E-state index in [4.69, 9.17) is 4.74 Å². The predicted octanol–water partition coefficient (Wildman–Crippen LogP) is 4.65. The Morgan fingerprint density at radius 3 is 2.62 bits per heavy atom. The van der Waals surface area contributed by atoms with E-state index < -0.39 is 0 Å². The van der Waals surface area contributed by atoms with Crippen molar-refractivity contribution >= 4 is 29.0 Å². The zero-order valence-corrected chi connectivity index (χ0v) is 20.1. The summed E-state index contributed by atoms with van der Waals surface area (Å²) in [6.07, 6.45) is 2.30. The minimum atomic E-state index is -0.310. The number of likely N-dealkylation sites (tertiary alicyclic amines) is 1. The summed E-state index contributed by atoms with van der Waals surface area (Å²) in [6, 6.07) is 18.6. The standard InChI is InChI=1S/C26H30N4O3S/c1-33-24-12-3-2-11-22(24)23(30-13-4-5-14-30)18-28-26(32)29-20-9-6-8-19(16-20)25(31)27-17-21-10-7-15-34-21/h2-3,6-12,15-16,23H,4-5,13-14,17-18H2,1H3,(H,27,31)(H2,28,29,32). The lowest BCUT2D eigenvalue weighted by molar-refractivity contribution is 0.0951. The van der Waals surface area contributed by atoms with Crippen molar-refractivity contribution in [1.29, 1.82) is 0 Å². The second-order valence-corrected chi connectivity index (χ2v) is 9.21. The van der Waals surface area contributed by atoms with Gasteiger partial charge in [-0.15, -0.1) is 11.3 Å². The number of hydrogen-bond donors (Lipinski definition) is 3. The Kier molecular flexibility index (Phi) is 8.17. The molecule has 1 aliphatic heterocycles. The summed E-state index contributed by atoms with van der Waals surface area (Å²) in [5.41, 5.74) is 2.13. The second-order valence-electron chi connectivity index (χ2n) is 8.18. The van der Waals surface area contributed by atoms with Crippen molar-refractivity contribution in [3.05, 3.63) is 82.0 Å². The molecule has 1 aromatic heterocycles. The molecular formula is C26H30N4O3S. The number of thiophene rings is 1. The molecule has 7 nitrogen and oxygen atoms in total. The fraction of sp³-hybridized carbons (Fsp3) is 0.308. The SMILES string of the molecule is COc1ccccc1C(CNC(=O)Nc1cccc(C(=O)NCc2cccs2)c1)N1CCCC1. The summed E-state index contributed by atoms with van der Waals surface area (Å²) in [5, 5.41) is 10.7. The third-order valence-corrected chi connectivity index (χ3v) is 6.80. The van der Waals surface area contributed by atoms with Gasteiger partial charge in [0.1, 0.15) is 5.75 Å². The van der Waals surface area contributed by atoms with Gasteiger partial charge in [-0.1, -0.05) is 30.3 Å². The maximum Gasteiger partial charge on any atom is 0.319 e. The van der Waals surface area contributed by atoms with Crippen molar-refractivity contribution in [3.63, 3.8) is 0 Å². The van der Waals surface area contributed by atoms with Crippen molar-refractivity contribution in [2.24, 2.45) is 0 Å². The number of anilines is 1. The molecule has 0 bridgehead atoms. The normalized spacial score (nSPS) is 14.4. The minimum absolute atomic E-state index is 0.0266. The minimum Gasteiger partial charge on any atom is -0.496 e. The number of para-hydroxylation sites is 1. The highest BCUT2D eigenvalue weighted by atomic mass is 32.1. The predicted molar refractivity (Wildman–Crippen MR) is 135 cm³/mol. The molecule has 0 aliphatic carbocycles. The van der Waals surface area contributed by atoms with Gasteiger partial charge in [-0.05, 0) is 61.6 Å². The number of benzene rings is 2. The van der Waals surface area contributed by atoms with Crippen LogP contribution in [0.3, 0.4) is 0 Å². The molecule has 0 saturated carbocycles. The molecule has 3 aromatic rings. The van der Waals surface area contributed by atoms with Gasteiger partial charge in [-0.25, -0.2) is 4.79 Å². The summed E-state index contributed by atoms with van der Waals surface area (Å²) in [6.45, 7) is 2.92. The maximum atomic E-state index is 12.7. The molecule has 4 rings (SSSR count). The van der Waals surface area contributed by atoms with Gasteiger partial charge in [-0.2, -0.15) is 0 Å². The Morgan fingerprint density at radius 2 is 1.85 bits per heavy atom. The van der Waals surface area contributed by atoms with Crippen molar-refractivity contribution in [2.45, 2.75) is 25.4 Å². The van der Waals surface area contributed by atoms with Crippen LogP contribution in [0.5, 0.6) is 5.75 Å². The lowest BCUT2D eigenvalue weighted by atomic mass is 10.0. The van der Waals surface area contributed by atoms with Crippen molar-refractivity contribution in [1.82, 2.24) is 15.5 Å². The molecule has 1 atom stereocenters. The molecule has 1 aliphatic rings. The Bertz CT molecular complexity index is 1100. The van der Waals surface area contributed by atoms with Gasteiger partial charge >= 0.3 is 6.03 Å². The molecule has 1 fully saturated rings. The van der Waals surface area contributed by atoms with Gasteiger partial charge in [0, 0.05) is 28.2 Å². The third-order valence-electron chi connectivity index (χ3n) is 5.92. The fourth-order valence-corrected chi connectivity index (χ4v) is 4.86. The molecule has 2 aromatic carbocycles. The van der Waals surface area contributed by atoms with E-state index in [1.165, 1.54) is 0 Å². The van der Waals surface area contributed by atoms with Crippen LogP contribution in [0.1, 0.15) is 39.7 Å². The van der Waals surface area contributed by atoms with Crippen LogP contribution in [0.15, 0.2) is 66.0 Å². The number of ether oxygens (including phenoxy) is 1. The van der Waals surface area contributed by atoms with Gasteiger partial charge in [0.15, 0.2) is 0 Å². The van der Waals surface area contributed by atoms with Crippen LogP contribution in [0, 0.1) is 0 Å². The summed E-state index contributed by atoms with van der Waals surface area (Å²) >= 11 is 1.60. The smallest absolute Gasteiger partial charge is 0.319 e. The van der Waals surface area contributed by atoms with E-state index in [0.29, 0.717) is 24.3 Å². The monoisotopic (exact) mass is 478 g/mol. The Labute approximate surface area is 204 Å². The first kappa shape index (κ1) is 23.8. The van der Waals surface area contributed by atoms with Crippen LogP contribution in [0.2, 0.25) is 0 Å². The number of amides is 3. The van der Waals surface area contributed by atoms with Crippen molar-refractivity contribution in [2.75, 3.05) is 32.1 Å². The highest BCUT2D eigenvalue weighted by Gasteiger charge is 2.26. The molecule has 1 saturated heterocycles. The van der Waals surface area contributed by atoms with Crippen LogP contribution >= 0.6 is 11.3 Å². The molecule has 8 heteroatoms. The first-order valence-corrected chi connectivity index (χ1v) is 12.3. The molecule has 3 amide bonds. The van der Waals surface area contributed by atoms with E-state index in [1.54, 1.807) is 42.7 Å². The molecular weight excluding hydrogens is 448 g/mol. The molecule has 0 radical (unpaired) electrons. The topological polar surface area (TPSA) is 82.7 Å². The summed E-state index contributed by atoms with van der Waals surface area (Å²) in [7, 11) is 1.67. The Balaban J connectivity index is 1.36. The van der Waals surface area contributed by atoms with Crippen molar-refractivity contribution in [3.8, 4) is 5.75 Å². The first-order valence-electron chi connectivity index (χ1n) is 11.5. The molecule has 34 heavy (non-hydrogen) atoms. The van der Waals surface area contributed by atoms with Crippen molar-refractivity contribution < 1.29 is 14.3 Å². The van der Waals surface area contributed by atoms with Gasteiger partial charge < -0.3 is 20.7 Å². The molecule has 2 heterocycles. The fourth-order valence-electron chi connectivity index (χ4n) is 4.22. The molecule has 3 N–H and O–H groups in total. The van der Waals surface area contributed by atoms with Crippen LogP contribution in [-0.2, 0) is 6.54 Å². The number of methoxy groups -OCH3 is 1. The number of rotatable bonds is 9. The molecule has 0 spiro atoms. The molecule has 1 unspecified atom stereocenters. The van der Waals surface area contributed by atoms with Gasteiger partial charge in [0.25, 0.3) is 5.91 Å². The van der Waals surface area contributed by atoms with E-state index in [1.807, 2.05) is 35.7 Å². The van der Waals surface area contributed by atoms with Gasteiger partial charge in [-0.3, -0.25) is 9.69 Å². The highest BCUT2D eigenvalue weighted by Crippen LogP contribution is 2.31. The summed E-state index contributed by atoms with van der Waals surface area (Å²) < 4.78 is 5.58. The number of nitrogens with zero attached hydrogens (tertiary/aromatic N) is 1. The Morgan fingerprint density at radius 1 is 1.03 bits per heavy atom. The lowest BCUT2D eigenvalue weighted by Gasteiger charge is -2.29. The second kappa shape index (κ2) is 11.7. The van der Waals surface area contributed by atoms with Crippen LogP contribution < -0.4 is 20.7 Å². The van der Waals surface area contributed by atoms with E-state index in [-0.39, 0.29) is 18.0 Å². The number of urea groups is 1. The third kappa shape index (κ3) is 6.15. The van der Waals surface area contributed by atoms with E-state index in [0.717, 1.165) is 42.1 Å². The highest BCUT2D eigenvalue weighted by molar-refractivity contribution is 7.09. The first-order chi connectivity index (χ1) is 16.6. The van der Waals surface area contributed by atoms with E-state index >= 15 is 0 Å². The summed E-state index contributed by atoms with van der Waals surface area (Å²) in [5.74, 6) is 0.644. The number of carbonyl (C=O) groups is 2. The maximum absolute atomic E-state index is 12.7. The zero-order valence-electron chi connectivity index (χ0n) is 19.3. The van der Waals surface area contributed by atoms with Gasteiger partial charge in [0.2, 0.25) is 0 Å². The Hall–Kier alpha value is -3.36. The average molecular weight is 479 g/mol. The van der Waals surface area contributed by atoms with Crippen LogP contribution in [0.4, 0.5) is 10.5 Å². The zero-order chi connectivity index (χ0) is 23.8. The van der Waals surface area contributed by atoms with Crippen LogP contribution in [-0.4, -0.2) is 43.6 Å². The van der Waals surface area contributed by atoms with E-state index in [9.17, 15) is 9.59 Å². The number of hydrogen-bond acceptors (Lipinski definition) is 5. The number of nitrogens with one attached hydrogen (secondary N) is 3. The molecule has 178 valence electrons. The largest absolute Gasteiger partial charge is 0.496 e. The van der Waals surface area contributed by atoms with Gasteiger partial charge in [0.05, 0.1) is 19.7 Å². The summed E-state index contributed by atoms with van der Waals surface area (Å²) in [4.78, 5) is 28.7.